The first kappa shape index (κ1) is 28.7. The van der Waals surface area contributed by atoms with E-state index >= 15 is 0 Å². The van der Waals surface area contributed by atoms with Crippen LogP contribution in [0.2, 0.25) is 0 Å². The van der Waals surface area contributed by atoms with E-state index in [1.54, 1.807) is 4.98 Å². The third-order valence-corrected chi connectivity index (χ3v) is 6.87. The van der Waals surface area contributed by atoms with Crippen molar-refractivity contribution in [2.24, 2.45) is 0 Å². The number of ether oxygens (including phenoxy) is 1. The highest BCUT2D eigenvalue weighted by Gasteiger charge is 2.44. The number of rotatable bonds is 13. The monoisotopic (exact) mass is 530 g/mol. The summed E-state index contributed by atoms with van der Waals surface area (Å²) in [6.45, 7) is -0.220. The van der Waals surface area contributed by atoms with E-state index in [-0.39, 0.29) is 0 Å². The van der Waals surface area contributed by atoms with Gasteiger partial charge in [-0.2, -0.15) is 8.62 Å². The van der Waals surface area contributed by atoms with Gasteiger partial charge < -0.3 is 34.5 Å². The molecular formula is C11H18FN2O15P3. The molecular weight excluding hydrogens is 512 g/mol. The molecule has 5 atom stereocenters. The molecule has 0 aliphatic heterocycles. The summed E-state index contributed by atoms with van der Waals surface area (Å²) in [5, 5.41) is 19.2. The Balaban J connectivity index is 3.08. The summed E-state index contributed by atoms with van der Waals surface area (Å²) < 4.78 is 64.5. The number of aliphatic hydroxyl groups excluding tert-OH is 2. The van der Waals surface area contributed by atoms with Gasteiger partial charge in [0.25, 0.3) is 11.4 Å². The maximum Gasteiger partial charge on any atom is 0.490 e. The standard InChI is InChI=1S/C11H18FN2O15P3/c1-2-7(16)9(14-4-3-8(17)13-10(14)18)27-11(12,5-15)6-26-31(22,23)29-32(24,25)28-30(19,20)21/h2-4,7,9,15-16H,1,5-6H2,(H,22,23)(H,24,25)(H,13,17,18)(H2,19,20,21)/t7-,9+,11-/m0/s1. The second kappa shape index (κ2) is 10.7. The lowest BCUT2D eigenvalue weighted by atomic mass is 10.2. The average molecular weight is 530 g/mol. The van der Waals surface area contributed by atoms with Crippen molar-refractivity contribution < 1.29 is 65.8 Å². The van der Waals surface area contributed by atoms with Crippen LogP contribution < -0.4 is 11.2 Å². The second-order valence-electron chi connectivity index (χ2n) is 5.66. The number of nitrogens with zero attached hydrogens (tertiary/aromatic N) is 1. The minimum atomic E-state index is -5.89. The number of phosphoric ester groups is 1. The van der Waals surface area contributed by atoms with Crippen molar-refractivity contribution in [2.75, 3.05) is 13.2 Å². The number of aliphatic hydroxyl groups is 2. The Hall–Kier alpha value is -1.36. The van der Waals surface area contributed by atoms with Crippen LogP contribution in [0.4, 0.5) is 4.39 Å². The number of phosphoric acid groups is 3. The van der Waals surface area contributed by atoms with Gasteiger partial charge in [0.1, 0.15) is 19.3 Å². The summed E-state index contributed by atoms with van der Waals surface area (Å²) in [6, 6.07) is 0.790. The molecule has 1 aromatic heterocycles. The van der Waals surface area contributed by atoms with Crippen molar-refractivity contribution >= 4 is 23.5 Å². The first-order chi connectivity index (χ1) is 14.4. The van der Waals surface area contributed by atoms with E-state index in [0.29, 0.717) is 4.57 Å². The van der Waals surface area contributed by atoms with Crippen LogP contribution in [0.25, 0.3) is 0 Å². The molecule has 0 aliphatic carbocycles. The fourth-order valence-electron chi connectivity index (χ4n) is 1.85. The van der Waals surface area contributed by atoms with Crippen molar-refractivity contribution in [1.82, 2.24) is 9.55 Å². The van der Waals surface area contributed by atoms with E-state index in [0.717, 1.165) is 18.3 Å². The Kier molecular flexibility index (Phi) is 9.60. The van der Waals surface area contributed by atoms with E-state index in [9.17, 15) is 42.8 Å². The molecule has 1 heterocycles. The largest absolute Gasteiger partial charge is 0.490 e. The van der Waals surface area contributed by atoms with E-state index < -0.39 is 66.1 Å². The predicted octanol–water partition coefficient (Wildman–Crippen LogP) is -1.40. The number of halogens is 1. The highest BCUT2D eigenvalue weighted by Crippen LogP contribution is 2.66. The van der Waals surface area contributed by atoms with Crippen LogP contribution in [0.5, 0.6) is 0 Å². The van der Waals surface area contributed by atoms with Crippen LogP contribution in [0.15, 0.2) is 34.5 Å². The molecule has 7 N–H and O–H groups in total. The molecule has 0 radical (unpaired) electrons. The number of alkyl halides is 1. The third kappa shape index (κ3) is 9.25. The second-order valence-corrected chi connectivity index (χ2v) is 10.1. The van der Waals surface area contributed by atoms with Gasteiger partial charge in [0.05, 0.1) is 0 Å². The van der Waals surface area contributed by atoms with Crippen LogP contribution >= 0.6 is 23.5 Å². The van der Waals surface area contributed by atoms with E-state index in [1.165, 1.54) is 0 Å². The van der Waals surface area contributed by atoms with Crippen LogP contribution in [0.3, 0.4) is 0 Å². The summed E-state index contributed by atoms with van der Waals surface area (Å²) in [6.07, 6.45) is -2.34. The summed E-state index contributed by atoms with van der Waals surface area (Å²) in [5.41, 5.74) is -2.06. The van der Waals surface area contributed by atoms with Crippen molar-refractivity contribution in [3.63, 3.8) is 0 Å². The highest BCUT2D eigenvalue weighted by molar-refractivity contribution is 7.66. The predicted molar refractivity (Wildman–Crippen MR) is 98.4 cm³/mol. The zero-order valence-corrected chi connectivity index (χ0v) is 18.2. The Morgan fingerprint density at radius 3 is 2.25 bits per heavy atom. The molecule has 0 fully saturated rings. The Labute approximate surface area is 176 Å². The van der Waals surface area contributed by atoms with Gasteiger partial charge in [-0.15, -0.1) is 6.58 Å². The van der Waals surface area contributed by atoms with E-state index in [2.05, 4.69) is 19.7 Å². The zero-order valence-electron chi connectivity index (χ0n) is 15.5. The normalized spacial score (nSPS) is 19.8. The molecule has 2 unspecified atom stereocenters. The summed E-state index contributed by atoms with van der Waals surface area (Å²) in [7, 11) is -17.3. The molecule has 0 saturated carbocycles. The summed E-state index contributed by atoms with van der Waals surface area (Å²) in [5.74, 6) is -3.50. The lowest BCUT2D eigenvalue weighted by molar-refractivity contribution is -0.250. The molecule has 1 aromatic rings. The Morgan fingerprint density at radius 2 is 1.78 bits per heavy atom. The van der Waals surface area contributed by atoms with Gasteiger partial charge in [0.2, 0.25) is 0 Å². The molecule has 184 valence electrons. The van der Waals surface area contributed by atoms with Crippen molar-refractivity contribution in [3.8, 4) is 0 Å². The zero-order chi connectivity index (χ0) is 25.0. The SMILES string of the molecule is C=C[C@H](O)[C@@H](O[C@@](F)(CO)COP(=O)(O)OP(=O)(O)OP(=O)(O)O)n1ccc(=O)[nH]c1=O. The number of hydrogen-bond donors (Lipinski definition) is 7. The number of hydrogen-bond acceptors (Lipinski definition) is 11. The van der Waals surface area contributed by atoms with Gasteiger partial charge in [-0.1, -0.05) is 6.08 Å². The van der Waals surface area contributed by atoms with E-state index in [1.807, 2.05) is 0 Å². The summed E-state index contributed by atoms with van der Waals surface area (Å²) in [4.78, 5) is 60.1. The smallest absolute Gasteiger partial charge is 0.390 e. The Morgan fingerprint density at radius 1 is 1.19 bits per heavy atom. The van der Waals surface area contributed by atoms with Gasteiger partial charge in [-0.05, 0) is 0 Å². The molecule has 0 saturated heterocycles. The van der Waals surface area contributed by atoms with Crippen LogP contribution in [0, 0.1) is 0 Å². The van der Waals surface area contributed by atoms with Gasteiger partial charge in [-0.25, -0.2) is 22.9 Å². The first-order valence-corrected chi connectivity index (χ1v) is 12.3. The first-order valence-electron chi connectivity index (χ1n) is 7.80. The number of aromatic amines is 1. The van der Waals surface area contributed by atoms with Gasteiger partial charge in [0.15, 0.2) is 6.23 Å². The lowest BCUT2D eigenvalue weighted by Crippen LogP contribution is -2.45. The minimum absolute atomic E-state index is 0.461. The maximum atomic E-state index is 14.9. The Bertz CT molecular complexity index is 1070. The molecule has 0 amide bonds. The molecule has 0 aromatic carbocycles. The number of H-pyrrole nitrogens is 1. The average Bonchev–Trinajstić information content (AvgIpc) is 2.61. The summed E-state index contributed by atoms with van der Waals surface area (Å²) >= 11 is 0. The number of nitrogens with one attached hydrogen (secondary N) is 1. The quantitative estimate of drug-likeness (QED) is 0.114. The molecule has 0 bridgehead atoms. The maximum absolute atomic E-state index is 14.9. The van der Waals surface area contributed by atoms with Gasteiger partial charge in [-0.3, -0.25) is 18.9 Å². The molecule has 1 rings (SSSR count). The van der Waals surface area contributed by atoms with Crippen molar-refractivity contribution in [3.05, 3.63) is 45.8 Å². The van der Waals surface area contributed by atoms with E-state index in [4.69, 9.17) is 19.4 Å². The molecule has 32 heavy (non-hydrogen) atoms. The lowest BCUT2D eigenvalue weighted by Gasteiger charge is -2.31. The molecule has 21 heteroatoms. The van der Waals surface area contributed by atoms with Crippen molar-refractivity contribution in [1.29, 1.82) is 0 Å². The highest BCUT2D eigenvalue weighted by atomic mass is 31.3. The van der Waals surface area contributed by atoms with Crippen LogP contribution in [-0.4, -0.2) is 64.5 Å². The van der Waals surface area contributed by atoms with Crippen LogP contribution in [-0.2, 0) is 31.6 Å². The van der Waals surface area contributed by atoms with Crippen molar-refractivity contribution in [2.45, 2.75) is 18.2 Å². The molecule has 0 spiro atoms. The van der Waals surface area contributed by atoms with Crippen LogP contribution in [0.1, 0.15) is 6.23 Å². The topological polar surface area (TPSA) is 264 Å². The molecule has 0 aliphatic rings. The van der Waals surface area contributed by atoms with Gasteiger partial charge >= 0.3 is 29.2 Å². The fourth-order valence-corrected chi connectivity index (χ4v) is 4.90. The molecule has 17 nitrogen and oxygen atoms in total. The fraction of sp³-hybridized carbons (Fsp3) is 0.455. The van der Waals surface area contributed by atoms with Gasteiger partial charge in [0, 0.05) is 12.3 Å². The number of aromatic nitrogens is 2. The minimum Gasteiger partial charge on any atom is -0.390 e. The third-order valence-electron chi connectivity index (χ3n) is 3.09.